The number of methoxy groups -OCH3 is 1. The van der Waals surface area contributed by atoms with Crippen molar-refractivity contribution in [1.82, 2.24) is 25.3 Å². The fourth-order valence-corrected chi connectivity index (χ4v) is 2.68. The summed E-state index contributed by atoms with van der Waals surface area (Å²) in [4.78, 5) is 28.2. The van der Waals surface area contributed by atoms with Gasteiger partial charge in [0, 0.05) is 31.3 Å². The molecule has 142 valence electrons. The molecule has 2 aromatic heterocycles. The van der Waals surface area contributed by atoms with Crippen LogP contribution in [0.1, 0.15) is 33.5 Å². The Morgan fingerprint density at radius 2 is 2.12 bits per heavy atom. The van der Waals surface area contributed by atoms with Crippen molar-refractivity contribution < 1.29 is 9.53 Å². The average molecular weight is 425 g/mol. The fourth-order valence-electron chi connectivity index (χ4n) is 2.20. The first-order valence-electron chi connectivity index (χ1n) is 8.32. The van der Waals surface area contributed by atoms with Crippen LogP contribution < -0.4 is 10.6 Å². The number of carbonyl (C=O) groups is 1. The minimum Gasteiger partial charge on any atom is -0.375 e. The number of halogens is 1. The van der Waals surface area contributed by atoms with Gasteiger partial charge in [0.1, 0.15) is 22.7 Å². The second kappa shape index (κ2) is 8.59. The van der Waals surface area contributed by atoms with E-state index in [9.17, 15) is 4.79 Å². The number of rotatable bonds is 7. The Morgan fingerprint density at radius 3 is 2.73 bits per heavy atom. The molecule has 0 aliphatic carbocycles. The van der Waals surface area contributed by atoms with Gasteiger partial charge >= 0.3 is 0 Å². The first-order valence-corrected chi connectivity index (χ1v) is 9.11. The third-order valence-electron chi connectivity index (χ3n) is 3.52. The van der Waals surface area contributed by atoms with Crippen molar-refractivity contribution in [3.05, 3.63) is 22.7 Å². The van der Waals surface area contributed by atoms with E-state index in [1.807, 2.05) is 13.0 Å². The Kier molecular flexibility index (Phi) is 6.71. The summed E-state index contributed by atoms with van der Waals surface area (Å²) in [6.07, 6.45) is 1.68. The molecule has 0 fully saturated rings. The zero-order valence-corrected chi connectivity index (χ0v) is 17.3. The highest BCUT2D eigenvalue weighted by atomic mass is 79.9. The number of aromatic amines is 1. The van der Waals surface area contributed by atoms with E-state index in [0.29, 0.717) is 18.2 Å². The summed E-state index contributed by atoms with van der Waals surface area (Å²) in [5.74, 6) is 1.19. The van der Waals surface area contributed by atoms with Gasteiger partial charge in [-0.05, 0) is 28.9 Å². The van der Waals surface area contributed by atoms with Crippen LogP contribution in [0.3, 0.4) is 0 Å². The molecule has 26 heavy (non-hydrogen) atoms. The monoisotopic (exact) mass is 424 g/mol. The summed E-state index contributed by atoms with van der Waals surface area (Å²) in [5, 5.41) is 5.95. The molecule has 0 aliphatic rings. The lowest BCUT2D eigenvalue weighted by Crippen LogP contribution is -2.39. The number of anilines is 1. The van der Waals surface area contributed by atoms with Crippen LogP contribution in [-0.4, -0.2) is 52.1 Å². The van der Waals surface area contributed by atoms with Crippen LogP contribution >= 0.6 is 15.9 Å². The highest BCUT2D eigenvalue weighted by Gasteiger charge is 2.21. The number of H-pyrrole nitrogens is 1. The van der Waals surface area contributed by atoms with Gasteiger partial charge in [-0.25, -0.2) is 15.0 Å². The minimum absolute atomic E-state index is 0.0413. The molecule has 2 rings (SSSR count). The summed E-state index contributed by atoms with van der Waals surface area (Å²) in [6.45, 7) is 8.70. The van der Waals surface area contributed by atoms with E-state index in [-0.39, 0.29) is 24.0 Å². The predicted molar refractivity (Wildman–Crippen MR) is 104 cm³/mol. The number of carbonyl (C=O) groups excluding carboxylic acids is 1. The van der Waals surface area contributed by atoms with E-state index in [0.717, 1.165) is 16.1 Å². The number of hydrogen-bond acceptors (Lipinski definition) is 6. The van der Waals surface area contributed by atoms with Crippen molar-refractivity contribution in [3.8, 4) is 11.4 Å². The van der Waals surface area contributed by atoms with Crippen molar-refractivity contribution in [2.45, 2.75) is 39.2 Å². The van der Waals surface area contributed by atoms with E-state index in [1.54, 1.807) is 6.20 Å². The van der Waals surface area contributed by atoms with Gasteiger partial charge in [-0.2, -0.15) is 0 Å². The summed E-state index contributed by atoms with van der Waals surface area (Å²) < 4.78 is 5.58. The first-order chi connectivity index (χ1) is 12.2. The second-order valence-corrected chi connectivity index (χ2v) is 7.84. The Balaban J connectivity index is 2.07. The number of hydrogen-bond donors (Lipinski definition) is 3. The van der Waals surface area contributed by atoms with Crippen LogP contribution in [0.25, 0.3) is 11.4 Å². The largest absolute Gasteiger partial charge is 0.375 e. The number of nitrogens with zero attached hydrogens (tertiary/aromatic N) is 3. The highest BCUT2D eigenvalue weighted by Crippen LogP contribution is 2.29. The van der Waals surface area contributed by atoms with Gasteiger partial charge in [0.15, 0.2) is 0 Å². The van der Waals surface area contributed by atoms with Gasteiger partial charge in [-0.1, -0.05) is 20.8 Å². The van der Waals surface area contributed by atoms with Crippen LogP contribution in [0, 0.1) is 0 Å². The lowest BCUT2D eigenvalue weighted by Gasteiger charge is -2.14. The molecule has 0 bridgehead atoms. The number of aromatic nitrogens is 4. The van der Waals surface area contributed by atoms with Crippen LogP contribution in [0.4, 0.5) is 5.95 Å². The van der Waals surface area contributed by atoms with E-state index >= 15 is 0 Å². The van der Waals surface area contributed by atoms with Gasteiger partial charge in [-0.3, -0.25) is 4.79 Å². The Hall–Kier alpha value is -2.00. The molecular formula is C17H25BrN6O2. The van der Waals surface area contributed by atoms with E-state index in [1.165, 1.54) is 7.11 Å². The fraction of sp³-hybridized carbons (Fsp3) is 0.529. The number of ether oxygens (including phenoxy) is 1. The average Bonchev–Trinajstić information content (AvgIpc) is 2.95. The number of amides is 1. The Bertz CT molecular complexity index is 756. The standard InChI is InChI=1S/C17H25BrN6O2/c1-10(21-12(25)9-26-5)8-20-16-19-7-6-11(22-16)13-14(18)24-15(23-13)17(2,3)4/h6-7,10H,8-9H2,1-5H3,(H,21,25)(H,23,24)(H,19,20,22). The lowest BCUT2D eigenvalue weighted by molar-refractivity contribution is -0.125. The van der Waals surface area contributed by atoms with Crippen LogP contribution in [0.2, 0.25) is 0 Å². The maximum atomic E-state index is 11.5. The molecule has 0 aromatic carbocycles. The molecule has 9 heteroatoms. The van der Waals surface area contributed by atoms with Gasteiger partial charge in [0.2, 0.25) is 11.9 Å². The molecule has 0 saturated heterocycles. The first kappa shape index (κ1) is 20.3. The van der Waals surface area contributed by atoms with Crippen molar-refractivity contribution in [3.63, 3.8) is 0 Å². The lowest BCUT2D eigenvalue weighted by atomic mass is 9.96. The molecule has 3 N–H and O–H groups in total. The smallest absolute Gasteiger partial charge is 0.246 e. The molecule has 0 saturated carbocycles. The quantitative estimate of drug-likeness (QED) is 0.630. The molecule has 0 radical (unpaired) electrons. The van der Waals surface area contributed by atoms with Crippen LogP contribution in [-0.2, 0) is 14.9 Å². The summed E-state index contributed by atoms with van der Waals surface area (Å²) in [7, 11) is 1.49. The van der Waals surface area contributed by atoms with Crippen LogP contribution in [0.15, 0.2) is 16.9 Å². The molecule has 2 aromatic rings. The zero-order chi connectivity index (χ0) is 19.3. The summed E-state index contributed by atoms with van der Waals surface area (Å²) >= 11 is 3.52. The molecule has 0 aliphatic heterocycles. The highest BCUT2D eigenvalue weighted by molar-refractivity contribution is 9.10. The van der Waals surface area contributed by atoms with E-state index in [4.69, 9.17) is 4.74 Å². The predicted octanol–water partition coefficient (Wildman–Crippen LogP) is 2.49. The minimum atomic E-state index is -0.161. The Morgan fingerprint density at radius 1 is 1.38 bits per heavy atom. The molecule has 8 nitrogen and oxygen atoms in total. The summed E-state index contributed by atoms with van der Waals surface area (Å²) in [6, 6.07) is 1.72. The maximum absolute atomic E-state index is 11.5. The molecule has 1 amide bonds. The number of nitrogens with one attached hydrogen (secondary N) is 3. The van der Waals surface area contributed by atoms with Gasteiger partial charge < -0.3 is 20.4 Å². The molecular weight excluding hydrogens is 400 g/mol. The zero-order valence-electron chi connectivity index (χ0n) is 15.7. The van der Waals surface area contributed by atoms with Gasteiger partial charge in [0.25, 0.3) is 0 Å². The van der Waals surface area contributed by atoms with E-state index in [2.05, 4.69) is 67.3 Å². The van der Waals surface area contributed by atoms with Crippen LogP contribution in [0.5, 0.6) is 0 Å². The molecule has 2 heterocycles. The van der Waals surface area contributed by atoms with E-state index < -0.39 is 0 Å². The normalized spacial score (nSPS) is 12.7. The third kappa shape index (κ3) is 5.50. The van der Waals surface area contributed by atoms with Crippen molar-refractivity contribution in [1.29, 1.82) is 0 Å². The van der Waals surface area contributed by atoms with Gasteiger partial charge in [-0.15, -0.1) is 0 Å². The number of imidazole rings is 1. The Labute approximate surface area is 161 Å². The molecule has 1 atom stereocenters. The maximum Gasteiger partial charge on any atom is 0.246 e. The molecule has 0 spiro atoms. The SMILES string of the molecule is COCC(=O)NC(C)CNc1nccc(-c2nc(C(C)(C)C)[nH]c2Br)n1. The summed E-state index contributed by atoms with van der Waals surface area (Å²) in [5.41, 5.74) is 1.35. The van der Waals surface area contributed by atoms with Crippen molar-refractivity contribution in [2.24, 2.45) is 0 Å². The van der Waals surface area contributed by atoms with Gasteiger partial charge in [0.05, 0.1) is 5.69 Å². The molecule has 1 unspecified atom stereocenters. The van der Waals surface area contributed by atoms with Crippen molar-refractivity contribution in [2.75, 3.05) is 25.6 Å². The topological polar surface area (TPSA) is 105 Å². The van der Waals surface area contributed by atoms with Crippen molar-refractivity contribution >= 4 is 27.8 Å². The third-order valence-corrected chi connectivity index (χ3v) is 4.09. The second-order valence-electron chi connectivity index (χ2n) is 7.05.